The van der Waals surface area contributed by atoms with Crippen LogP contribution in [-0.2, 0) is 19.6 Å². The normalized spacial score (nSPS) is 26.6. The Hall–Kier alpha value is -2.00. The molecule has 2 aliphatic rings. The summed E-state index contributed by atoms with van der Waals surface area (Å²) >= 11 is 0. The number of nitrogens with one attached hydrogen (secondary N) is 1. The molecule has 1 amide bonds. The predicted molar refractivity (Wildman–Crippen MR) is 94.8 cm³/mol. The zero-order chi connectivity index (χ0) is 19.6. The highest BCUT2D eigenvalue weighted by Gasteiger charge is 2.36. The van der Waals surface area contributed by atoms with Crippen LogP contribution in [0.1, 0.15) is 32.1 Å². The Morgan fingerprint density at radius 1 is 1.11 bits per heavy atom. The van der Waals surface area contributed by atoms with Gasteiger partial charge in [-0.15, -0.1) is 0 Å². The van der Waals surface area contributed by atoms with Gasteiger partial charge in [-0.2, -0.15) is 4.31 Å². The molecule has 1 saturated heterocycles. The zero-order valence-corrected chi connectivity index (χ0v) is 15.6. The smallest absolute Gasteiger partial charge is 0.306 e. The third-order valence-electron chi connectivity index (χ3n) is 5.33. The molecule has 148 valence electrons. The van der Waals surface area contributed by atoms with Gasteiger partial charge >= 0.3 is 5.97 Å². The average molecular weight is 398 g/mol. The number of hydrogen-bond donors (Lipinski definition) is 2. The van der Waals surface area contributed by atoms with E-state index < -0.39 is 33.6 Å². The van der Waals surface area contributed by atoms with Crippen molar-refractivity contribution >= 4 is 21.9 Å². The van der Waals surface area contributed by atoms with Gasteiger partial charge in [0, 0.05) is 19.1 Å². The first-order chi connectivity index (χ1) is 12.8. The highest BCUT2D eigenvalue weighted by molar-refractivity contribution is 7.89. The van der Waals surface area contributed by atoms with Crippen molar-refractivity contribution in [3.8, 4) is 0 Å². The number of carboxylic acid groups (broad SMARTS) is 1. The predicted octanol–water partition coefficient (Wildman–Crippen LogP) is 1.60. The number of carboxylic acids is 1. The van der Waals surface area contributed by atoms with E-state index in [1.165, 1.54) is 16.4 Å². The number of benzene rings is 1. The molecule has 27 heavy (non-hydrogen) atoms. The van der Waals surface area contributed by atoms with E-state index in [1.54, 1.807) is 0 Å². The van der Waals surface area contributed by atoms with E-state index in [1.807, 2.05) is 0 Å². The van der Waals surface area contributed by atoms with E-state index in [-0.39, 0.29) is 23.4 Å². The first-order valence-electron chi connectivity index (χ1n) is 9.06. The molecular weight excluding hydrogens is 375 g/mol. The van der Waals surface area contributed by atoms with Crippen LogP contribution in [0.5, 0.6) is 0 Å². The fourth-order valence-electron chi connectivity index (χ4n) is 3.79. The van der Waals surface area contributed by atoms with Crippen LogP contribution in [0.25, 0.3) is 0 Å². The van der Waals surface area contributed by atoms with Crippen LogP contribution in [0.4, 0.5) is 4.39 Å². The number of amides is 1. The fraction of sp³-hybridized carbons (Fsp3) is 0.556. The molecule has 3 rings (SSSR count). The van der Waals surface area contributed by atoms with E-state index in [0.717, 1.165) is 12.1 Å². The summed E-state index contributed by atoms with van der Waals surface area (Å²) in [4.78, 5) is 23.6. The summed E-state index contributed by atoms with van der Waals surface area (Å²) in [7, 11) is -3.78. The maximum atomic E-state index is 13.1. The average Bonchev–Trinajstić information content (AvgIpc) is 3.11. The molecule has 2 N–H and O–H groups in total. The molecular formula is C18H23FN2O5S. The minimum atomic E-state index is -3.78. The summed E-state index contributed by atoms with van der Waals surface area (Å²) in [6.45, 7) is 0.384. The summed E-state index contributed by atoms with van der Waals surface area (Å²) in [5, 5.41) is 11.9. The van der Waals surface area contributed by atoms with Gasteiger partial charge in [0.2, 0.25) is 15.9 Å². The van der Waals surface area contributed by atoms with E-state index in [4.69, 9.17) is 5.11 Å². The monoisotopic (exact) mass is 398 g/mol. The van der Waals surface area contributed by atoms with E-state index >= 15 is 0 Å². The van der Waals surface area contributed by atoms with Crippen molar-refractivity contribution in [2.24, 2.45) is 11.8 Å². The summed E-state index contributed by atoms with van der Waals surface area (Å²) in [6, 6.07) is 4.46. The van der Waals surface area contributed by atoms with E-state index in [0.29, 0.717) is 38.6 Å². The number of halogens is 1. The maximum Gasteiger partial charge on any atom is 0.306 e. The number of aliphatic carboxylic acids is 1. The second kappa shape index (κ2) is 7.93. The molecule has 0 radical (unpaired) electrons. The molecule has 3 atom stereocenters. The second-order valence-corrected chi connectivity index (χ2v) is 9.15. The number of hydrogen-bond acceptors (Lipinski definition) is 4. The van der Waals surface area contributed by atoms with Gasteiger partial charge in [0.15, 0.2) is 0 Å². The van der Waals surface area contributed by atoms with Gasteiger partial charge in [0.25, 0.3) is 0 Å². The Bertz CT molecular complexity index is 812. The third kappa shape index (κ3) is 4.47. The molecule has 0 bridgehead atoms. The van der Waals surface area contributed by atoms with Gasteiger partial charge in [-0.1, -0.05) is 0 Å². The Morgan fingerprint density at radius 2 is 1.81 bits per heavy atom. The standard InChI is InChI=1S/C18H23FN2O5S/c19-14-4-7-16(8-5-14)27(25,26)21-9-1-2-13(11-21)17(22)20-15-6-3-12(10-15)18(23)24/h4-5,7-8,12-13,15H,1-3,6,9-11H2,(H,20,22)(H,23,24)/t12-,13?,15+/m1/s1. The minimum Gasteiger partial charge on any atom is -0.481 e. The van der Waals surface area contributed by atoms with Crippen molar-refractivity contribution in [3.05, 3.63) is 30.1 Å². The van der Waals surface area contributed by atoms with Crippen molar-refractivity contribution in [2.75, 3.05) is 13.1 Å². The number of piperidine rings is 1. The second-order valence-electron chi connectivity index (χ2n) is 7.21. The molecule has 1 heterocycles. The molecule has 1 aliphatic carbocycles. The highest BCUT2D eigenvalue weighted by Crippen LogP contribution is 2.28. The lowest BCUT2D eigenvalue weighted by atomic mass is 9.98. The van der Waals surface area contributed by atoms with Crippen molar-refractivity contribution in [2.45, 2.75) is 43.0 Å². The van der Waals surface area contributed by atoms with Gasteiger partial charge in [-0.25, -0.2) is 12.8 Å². The van der Waals surface area contributed by atoms with Crippen molar-refractivity contribution < 1.29 is 27.5 Å². The quantitative estimate of drug-likeness (QED) is 0.784. The van der Waals surface area contributed by atoms with Gasteiger partial charge in [-0.05, 0) is 56.4 Å². The molecule has 7 nitrogen and oxygen atoms in total. The van der Waals surface area contributed by atoms with Crippen LogP contribution in [0.3, 0.4) is 0 Å². The summed E-state index contributed by atoms with van der Waals surface area (Å²) < 4.78 is 39.8. The van der Waals surface area contributed by atoms with Gasteiger partial charge in [0.05, 0.1) is 16.7 Å². The lowest BCUT2D eigenvalue weighted by Gasteiger charge is -2.31. The Balaban J connectivity index is 1.63. The van der Waals surface area contributed by atoms with Crippen LogP contribution < -0.4 is 5.32 Å². The maximum absolute atomic E-state index is 13.1. The summed E-state index contributed by atoms with van der Waals surface area (Å²) in [6.07, 6.45) is 2.70. The molecule has 2 fully saturated rings. The lowest BCUT2D eigenvalue weighted by molar-refractivity contribution is -0.141. The Kier molecular flexibility index (Phi) is 5.81. The van der Waals surface area contributed by atoms with Crippen LogP contribution in [-0.4, -0.2) is 48.8 Å². The van der Waals surface area contributed by atoms with Crippen LogP contribution in [0.2, 0.25) is 0 Å². The molecule has 1 aromatic carbocycles. The molecule has 0 aromatic heterocycles. The molecule has 1 unspecified atom stereocenters. The molecule has 1 aliphatic heterocycles. The fourth-order valence-corrected chi connectivity index (χ4v) is 5.31. The highest BCUT2D eigenvalue weighted by atomic mass is 32.2. The topological polar surface area (TPSA) is 104 Å². The molecule has 9 heteroatoms. The first-order valence-corrected chi connectivity index (χ1v) is 10.5. The molecule has 1 aromatic rings. The Labute approximate surface area is 157 Å². The van der Waals surface area contributed by atoms with Crippen molar-refractivity contribution in [1.82, 2.24) is 9.62 Å². The number of sulfonamides is 1. The van der Waals surface area contributed by atoms with Gasteiger partial charge < -0.3 is 10.4 Å². The lowest BCUT2D eigenvalue weighted by Crippen LogP contribution is -2.47. The van der Waals surface area contributed by atoms with Crippen molar-refractivity contribution in [1.29, 1.82) is 0 Å². The minimum absolute atomic E-state index is 0.00468. The van der Waals surface area contributed by atoms with Crippen LogP contribution in [0, 0.1) is 17.7 Å². The van der Waals surface area contributed by atoms with Gasteiger partial charge in [-0.3, -0.25) is 9.59 Å². The van der Waals surface area contributed by atoms with E-state index in [9.17, 15) is 22.4 Å². The van der Waals surface area contributed by atoms with E-state index in [2.05, 4.69) is 5.32 Å². The van der Waals surface area contributed by atoms with Crippen molar-refractivity contribution in [3.63, 3.8) is 0 Å². The number of carbonyl (C=O) groups excluding carboxylic acids is 1. The SMILES string of the molecule is O=C(N[C@H]1CC[C@@H](C(=O)O)C1)C1CCCN(S(=O)(=O)c2ccc(F)cc2)C1. The van der Waals surface area contributed by atoms with Crippen LogP contribution >= 0.6 is 0 Å². The summed E-state index contributed by atoms with van der Waals surface area (Å²) in [5.41, 5.74) is 0. The first kappa shape index (κ1) is 19.8. The molecule has 0 spiro atoms. The zero-order valence-electron chi connectivity index (χ0n) is 14.8. The molecule has 1 saturated carbocycles. The Morgan fingerprint density at radius 3 is 2.44 bits per heavy atom. The summed E-state index contributed by atoms with van der Waals surface area (Å²) in [5.74, 6) is -2.50. The number of nitrogens with zero attached hydrogens (tertiary/aromatic N) is 1. The third-order valence-corrected chi connectivity index (χ3v) is 7.21. The largest absolute Gasteiger partial charge is 0.481 e. The number of carbonyl (C=O) groups is 2. The number of rotatable bonds is 5. The van der Waals surface area contributed by atoms with Crippen LogP contribution in [0.15, 0.2) is 29.2 Å². The van der Waals surface area contributed by atoms with Gasteiger partial charge in [0.1, 0.15) is 5.82 Å².